The lowest BCUT2D eigenvalue weighted by molar-refractivity contribution is -0.0449. The van der Waals surface area contributed by atoms with Crippen molar-refractivity contribution >= 4 is 32.8 Å². The molecule has 0 spiro atoms. The minimum absolute atomic E-state index is 0.132. The van der Waals surface area contributed by atoms with Gasteiger partial charge < -0.3 is 9.42 Å². The second-order valence-corrected chi connectivity index (χ2v) is 10.1. The summed E-state index contributed by atoms with van der Waals surface area (Å²) in [7, 11) is -4.65. The summed E-state index contributed by atoms with van der Waals surface area (Å²) in [5.41, 5.74) is -1.17. The molecule has 192 valence electrons. The molecule has 0 saturated carbocycles. The molecule has 2 amide bonds. The zero-order chi connectivity index (χ0) is 26.0. The molecule has 3 aromatic rings. The van der Waals surface area contributed by atoms with Gasteiger partial charge in [0.25, 0.3) is 5.92 Å². The van der Waals surface area contributed by atoms with Crippen molar-refractivity contribution in [1.82, 2.24) is 14.8 Å². The van der Waals surface area contributed by atoms with Crippen LogP contribution in [-0.4, -0.2) is 61.6 Å². The van der Waals surface area contributed by atoms with Crippen LogP contribution in [0, 0.1) is 17.5 Å². The molecule has 2 aliphatic heterocycles. The summed E-state index contributed by atoms with van der Waals surface area (Å²) in [6.45, 7) is -1.12. The Balaban J connectivity index is 1.57. The number of nitrogens with zero attached hydrogens (tertiary/aromatic N) is 3. The number of nitrogens with one attached hydrogen (secondary N) is 1. The van der Waals surface area contributed by atoms with Crippen molar-refractivity contribution in [2.45, 2.75) is 24.4 Å². The average molecular weight is 534 g/mol. The Labute approximate surface area is 199 Å². The lowest BCUT2D eigenvalue weighted by Gasteiger charge is -2.37. The van der Waals surface area contributed by atoms with Gasteiger partial charge in [-0.2, -0.15) is 0 Å². The van der Waals surface area contributed by atoms with Gasteiger partial charge in [-0.1, -0.05) is 11.2 Å². The zero-order valence-electron chi connectivity index (χ0n) is 18.0. The Kier molecular flexibility index (Phi) is 5.66. The van der Waals surface area contributed by atoms with Gasteiger partial charge in [-0.15, -0.1) is 0 Å². The van der Waals surface area contributed by atoms with Gasteiger partial charge in [0.2, 0.25) is 16.0 Å². The molecule has 1 aromatic heterocycles. The summed E-state index contributed by atoms with van der Waals surface area (Å²) >= 11 is 0. The molecule has 15 heteroatoms. The number of aromatic nitrogens is 1. The van der Waals surface area contributed by atoms with E-state index in [-0.39, 0.29) is 35.3 Å². The SMILES string of the molecule is O=C1N(c2noc3cc(F)cc(-c4c(F)cccc4F)c23)CC[C@H]2N1C[C@@H](NS(=O)(=O)CF)C2(F)F. The number of carbonyl (C=O) groups excluding carboxylic acids is 1. The van der Waals surface area contributed by atoms with E-state index in [4.69, 9.17) is 4.52 Å². The molecular formula is C21H16F6N4O4S. The number of benzene rings is 2. The van der Waals surface area contributed by atoms with Crippen LogP contribution in [0.1, 0.15) is 6.42 Å². The van der Waals surface area contributed by atoms with Crippen molar-refractivity contribution in [2.24, 2.45) is 0 Å². The van der Waals surface area contributed by atoms with Gasteiger partial charge in [-0.25, -0.2) is 44.3 Å². The molecule has 0 bridgehead atoms. The molecule has 8 nitrogen and oxygen atoms in total. The summed E-state index contributed by atoms with van der Waals surface area (Å²) in [6, 6.07) is -1.99. The van der Waals surface area contributed by atoms with Gasteiger partial charge in [-0.05, 0) is 24.6 Å². The predicted octanol–water partition coefficient (Wildman–Crippen LogP) is 3.78. The molecular weight excluding hydrogens is 518 g/mol. The van der Waals surface area contributed by atoms with Crippen LogP contribution in [0.3, 0.4) is 0 Å². The van der Waals surface area contributed by atoms with E-state index in [1.54, 1.807) is 4.72 Å². The number of carbonyl (C=O) groups is 1. The summed E-state index contributed by atoms with van der Waals surface area (Å²) < 4.78 is 116. The highest BCUT2D eigenvalue weighted by Gasteiger charge is 2.61. The van der Waals surface area contributed by atoms with Crippen molar-refractivity contribution in [1.29, 1.82) is 0 Å². The van der Waals surface area contributed by atoms with Crippen LogP contribution < -0.4 is 9.62 Å². The monoisotopic (exact) mass is 534 g/mol. The fourth-order valence-electron chi connectivity index (χ4n) is 4.67. The molecule has 0 unspecified atom stereocenters. The van der Waals surface area contributed by atoms with Crippen LogP contribution in [0.2, 0.25) is 0 Å². The molecule has 3 heterocycles. The Morgan fingerprint density at radius 3 is 2.53 bits per heavy atom. The molecule has 0 radical (unpaired) electrons. The second-order valence-electron chi connectivity index (χ2n) is 8.39. The first kappa shape index (κ1) is 24.4. The Morgan fingerprint density at radius 1 is 1.17 bits per heavy atom. The predicted molar refractivity (Wildman–Crippen MR) is 114 cm³/mol. The van der Waals surface area contributed by atoms with Crippen molar-refractivity contribution < 1.29 is 44.1 Å². The van der Waals surface area contributed by atoms with Crippen LogP contribution in [0.25, 0.3) is 22.1 Å². The smallest absolute Gasteiger partial charge is 0.326 e. The van der Waals surface area contributed by atoms with Crippen molar-refractivity contribution in [3.05, 3.63) is 47.8 Å². The fraction of sp³-hybridized carbons (Fsp3) is 0.333. The quantitative estimate of drug-likeness (QED) is 0.503. The molecule has 36 heavy (non-hydrogen) atoms. The van der Waals surface area contributed by atoms with Gasteiger partial charge >= 0.3 is 6.03 Å². The number of hydrogen-bond acceptors (Lipinski definition) is 5. The van der Waals surface area contributed by atoms with E-state index in [1.165, 1.54) is 0 Å². The van der Waals surface area contributed by atoms with Gasteiger partial charge in [0, 0.05) is 24.7 Å². The average Bonchev–Trinajstić information content (AvgIpc) is 3.33. The number of halogens is 6. The van der Waals surface area contributed by atoms with Crippen molar-refractivity contribution in [3.63, 3.8) is 0 Å². The fourth-order valence-corrected chi connectivity index (χ4v) is 5.40. The van der Waals surface area contributed by atoms with Crippen LogP contribution >= 0.6 is 0 Å². The van der Waals surface area contributed by atoms with E-state index in [0.29, 0.717) is 4.90 Å². The third kappa shape index (κ3) is 3.77. The van der Waals surface area contributed by atoms with E-state index in [9.17, 15) is 39.6 Å². The van der Waals surface area contributed by atoms with E-state index >= 15 is 0 Å². The Morgan fingerprint density at radius 2 is 1.86 bits per heavy atom. The number of hydrogen-bond donors (Lipinski definition) is 1. The molecule has 2 saturated heterocycles. The first-order valence-corrected chi connectivity index (χ1v) is 12.1. The Hall–Kier alpha value is -3.33. The highest BCUT2D eigenvalue weighted by Crippen LogP contribution is 2.43. The molecule has 1 N–H and O–H groups in total. The third-order valence-electron chi connectivity index (χ3n) is 6.24. The molecule has 0 aliphatic carbocycles. The van der Waals surface area contributed by atoms with Gasteiger partial charge in [-0.3, -0.25) is 4.90 Å². The van der Waals surface area contributed by atoms with Gasteiger partial charge in [0.15, 0.2) is 11.4 Å². The van der Waals surface area contributed by atoms with E-state index in [2.05, 4.69) is 5.16 Å². The number of fused-ring (bicyclic) bond motifs is 2. The topological polar surface area (TPSA) is 95.8 Å². The first-order valence-electron chi connectivity index (χ1n) is 10.5. The standard InChI is InChI=1S/C21H16F6N4O4S/c22-9-36(33,34)29-15-8-31-16(21(15,26)27)4-5-30(20(31)32)19-18-11(6-10(23)7-14(18)35-28-19)17-12(24)2-1-3-13(17)25/h1-3,6-7,15-16,29H,4-5,8-9H2/t15-,16-/m1/s1. The van der Waals surface area contributed by atoms with Gasteiger partial charge in [0.1, 0.15) is 29.5 Å². The maximum Gasteiger partial charge on any atom is 0.326 e. The number of sulfonamides is 1. The first-order chi connectivity index (χ1) is 16.9. The minimum atomic E-state index is -4.65. The number of urea groups is 1. The Bertz CT molecular complexity index is 1460. The van der Waals surface area contributed by atoms with Crippen LogP contribution in [0.4, 0.5) is 37.0 Å². The lowest BCUT2D eigenvalue weighted by Crippen LogP contribution is -2.56. The number of rotatable bonds is 5. The highest BCUT2D eigenvalue weighted by atomic mass is 32.2. The van der Waals surface area contributed by atoms with Crippen molar-refractivity contribution in [3.8, 4) is 11.1 Å². The van der Waals surface area contributed by atoms with E-state index in [0.717, 1.165) is 35.2 Å². The van der Waals surface area contributed by atoms with Crippen LogP contribution in [0.5, 0.6) is 0 Å². The summed E-state index contributed by atoms with van der Waals surface area (Å²) in [6.07, 6.45) is -0.356. The highest BCUT2D eigenvalue weighted by molar-refractivity contribution is 7.89. The summed E-state index contributed by atoms with van der Waals surface area (Å²) in [4.78, 5) is 14.9. The number of amides is 2. The molecule has 2 aromatic carbocycles. The summed E-state index contributed by atoms with van der Waals surface area (Å²) in [5, 5.41) is 3.61. The van der Waals surface area contributed by atoms with Crippen molar-refractivity contribution in [2.75, 3.05) is 24.0 Å². The van der Waals surface area contributed by atoms with E-state index in [1.807, 2.05) is 0 Å². The molecule has 2 aliphatic rings. The maximum atomic E-state index is 14.9. The maximum absolute atomic E-state index is 14.9. The second kappa shape index (κ2) is 8.37. The van der Waals surface area contributed by atoms with Gasteiger partial charge in [0.05, 0.1) is 10.9 Å². The molecule has 2 fully saturated rings. The lowest BCUT2D eigenvalue weighted by atomic mass is 9.99. The van der Waals surface area contributed by atoms with Crippen LogP contribution in [-0.2, 0) is 10.0 Å². The normalized spacial score (nSPS) is 21.9. The minimum Gasteiger partial charge on any atom is -0.354 e. The molecule has 5 rings (SSSR count). The zero-order valence-corrected chi connectivity index (χ0v) is 18.8. The number of alkyl halides is 3. The van der Waals surface area contributed by atoms with Crippen LogP contribution in [0.15, 0.2) is 34.9 Å². The largest absolute Gasteiger partial charge is 0.354 e. The third-order valence-corrected chi connectivity index (χ3v) is 7.17. The number of anilines is 1. The summed E-state index contributed by atoms with van der Waals surface area (Å²) in [5.74, 6) is -6.96. The molecule has 2 atom stereocenters. The van der Waals surface area contributed by atoms with E-state index < -0.39 is 69.6 Å².